The maximum absolute atomic E-state index is 12.0. The summed E-state index contributed by atoms with van der Waals surface area (Å²) in [6.07, 6.45) is 0. The summed E-state index contributed by atoms with van der Waals surface area (Å²) >= 11 is 1.56. The first kappa shape index (κ1) is 18.7. The zero-order valence-electron chi connectivity index (χ0n) is 14.1. The van der Waals surface area contributed by atoms with E-state index in [-0.39, 0.29) is 18.4 Å². The molecule has 6 nitrogen and oxygen atoms in total. The van der Waals surface area contributed by atoms with E-state index in [4.69, 9.17) is 4.74 Å². The summed E-state index contributed by atoms with van der Waals surface area (Å²) in [6, 6.07) is 9.66. The van der Waals surface area contributed by atoms with Gasteiger partial charge in [0.25, 0.3) is 11.8 Å². The number of nitrogens with one attached hydrogen (secondary N) is 1. The highest BCUT2D eigenvalue weighted by molar-refractivity contribution is 7.07. The van der Waals surface area contributed by atoms with Crippen molar-refractivity contribution in [3.05, 3.63) is 58.3 Å². The van der Waals surface area contributed by atoms with E-state index in [1.54, 1.807) is 48.7 Å². The Labute approximate surface area is 150 Å². The highest BCUT2D eigenvalue weighted by Crippen LogP contribution is 2.08. The number of amides is 2. The quantitative estimate of drug-likeness (QED) is 0.767. The summed E-state index contributed by atoms with van der Waals surface area (Å²) in [5, 5.41) is 6.44. The third-order valence-corrected chi connectivity index (χ3v) is 4.23. The molecule has 1 aromatic carbocycles. The lowest BCUT2D eigenvalue weighted by Crippen LogP contribution is -2.41. The third kappa shape index (κ3) is 5.72. The topological polar surface area (TPSA) is 75.7 Å². The van der Waals surface area contributed by atoms with Gasteiger partial charge in [-0.05, 0) is 41.4 Å². The van der Waals surface area contributed by atoms with Crippen LogP contribution in [0.4, 0.5) is 0 Å². The number of hydrogen-bond donors (Lipinski definition) is 1. The molecule has 1 aromatic heterocycles. The fourth-order valence-electron chi connectivity index (χ4n) is 2.04. The van der Waals surface area contributed by atoms with E-state index in [0.29, 0.717) is 12.1 Å². The fraction of sp³-hybridized carbons (Fsp3) is 0.278. The summed E-state index contributed by atoms with van der Waals surface area (Å²) in [6.45, 7) is 1.62. The van der Waals surface area contributed by atoms with Crippen molar-refractivity contribution >= 4 is 29.1 Å². The lowest BCUT2D eigenvalue weighted by atomic mass is 10.2. The molecule has 2 aromatic rings. The molecule has 25 heavy (non-hydrogen) atoms. The maximum Gasteiger partial charge on any atom is 0.328 e. The molecule has 1 atom stereocenters. The number of rotatable bonds is 7. The van der Waals surface area contributed by atoms with Crippen LogP contribution in [0.3, 0.4) is 0 Å². The van der Waals surface area contributed by atoms with Crippen molar-refractivity contribution in [2.45, 2.75) is 19.5 Å². The van der Waals surface area contributed by atoms with E-state index in [1.807, 2.05) is 16.8 Å². The number of carbonyl (C=O) groups is 3. The van der Waals surface area contributed by atoms with E-state index in [2.05, 4.69) is 5.32 Å². The third-order valence-electron chi connectivity index (χ3n) is 3.50. The van der Waals surface area contributed by atoms with E-state index in [1.165, 1.54) is 11.8 Å². The number of carbonyl (C=O) groups excluding carboxylic acids is 3. The SMILES string of the molecule is C[C@H](NC(=O)c1ccccc1)C(=O)OCC(=O)N(C)Cc1ccsc1. The smallest absolute Gasteiger partial charge is 0.328 e. The Balaban J connectivity index is 1.76. The molecule has 0 spiro atoms. The molecule has 0 bridgehead atoms. The number of esters is 1. The average molecular weight is 360 g/mol. The molecular formula is C18H20N2O4S. The van der Waals surface area contributed by atoms with Crippen molar-refractivity contribution in [1.82, 2.24) is 10.2 Å². The molecule has 0 aliphatic carbocycles. The standard InChI is InChI=1S/C18H20N2O4S/c1-13(19-17(22)15-6-4-3-5-7-15)18(23)24-11-16(21)20(2)10-14-8-9-25-12-14/h3-9,12-13H,10-11H2,1-2H3,(H,19,22)/t13-/m0/s1. The first-order valence-corrected chi connectivity index (χ1v) is 8.69. The molecule has 2 amide bonds. The van der Waals surface area contributed by atoms with Crippen LogP contribution in [-0.2, 0) is 20.9 Å². The van der Waals surface area contributed by atoms with Gasteiger partial charge in [-0.3, -0.25) is 9.59 Å². The van der Waals surface area contributed by atoms with Crippen LogP contribution in [0, 0.1) is 0 Å². The molecule has 0 fully saturated rings. The normalized spacial score (nSPS) is 11.4. The summed E-state index contributed by atoms with van der Waals surface area (Å²) in [5.41, 5.74) is 1.48. The van der Waals surface area contributed by atoms with Crippen molar-refractivity contribution in [2.24, 2.45) is 0 Å². The maximum atomic E-state index is 12.0. The summed E-state index contributed by atoms with van der Waals surface area (Å²) in [5.74, 6) is -1.33. The van der Waals surface area contributed by atoms with Gasteiger partial charge in [0, 0.05) is 19.2 Å². The molecule has 0 saturated carbocycles. The zero-order chi connectivity index (χ0) is 18.2. The van der Waals surface area contributed by atoms with Crippen molar-refractivity contribution in [1.29, 1.82) is 0 Å². The van der Waals surface area contributed by atoms with Crippen molar-refractivity contribution in [2.75, 3.05) is 13.7 Å². The second-order valence-electron chi connectivity index (χ2n) is 5.55. The van der Waals surface area contributed by atoms with Gasteiger partial charge < -0.3 is 15.0 Å². The molecule has 0 aliphatic rings. The zero-order valence-corrected chi connectivity index (χ0v) is 14.9. The monoisotopic (exact) mass is 360 g/mol. The molecule has 0 aliphatic heterocycles. The Hall–Kier alpha value is -2.67. The predicted molar refractivity (Wildman–Crippen MR) is 95.1 cm³/mol. The molecule has 0 saturated heterocycles. The largest absolute Gasteiger partial charge is 0.454 e. The van der Waals surface area contributed by atoms with Gasteiger partial charge in [-0.15, -0.1) is 0 Å². The van der Waals surface area contributed by atoms with E-state index in [9.17, 15) is 14.4 Å². The number of benzene rings is 1. The molecule has 0 radical (unpaired) electrons. The molecular weight excluding hydrogens is 340 g/mol. The van der Waals surface area contributed by atoms with E-state index in [0.717, 1.165) is 5.56 Å². The Morgan fingerprint density at radius 2 is 1.92 bits per heavy atom. The van der Waals surface area contributed by atoms with E-state index >= 15 is 0 Å². The van der Waals surface area contributed by atoms with Crippen LogP contribution >= 0.6 is 11.3 Å². The van der Waals surface area contributed by atoms with Crippen LogP contribution < -0.4 is 5.32 Å². The van der Waals surface area contributed by atoms with Crippen LogP contribution in [0.25, 0.3) is 0 Å². The lowest BCUT2D eigenvalue weighted by molar-refractivity contribution is -0.152. The number of hydrogen-bond acceptors (Lipinski definition) is 5. The fourth-order valence-corrected chi connectivity index (χ4v) is 2.70. The highest BCUT2D eigenvalue weighted by Gasteiger charge is 2.20. The van der Waals surface area contributed by atoms with Crippen LogP contribution in [0.5, 0.6) is 0 Å². The van der Waals surface area contributed by atoms with Gasteiger partial charge in [0.15, 0.2) is 6.61 Å². The van der Waals surface area contributed by atoms with E-state index < -0.39 is 12.0 Å². The van der Waals surface area contributed by atoms with Crippen LogP contribution in [0.2, 0.25) is 0 Å². The molecule has 2 rings (SSSR count). The van der Waals surface area contributed by atoms with Gasteiger partial charge in [0.2, 0.25) is 0 Å². The summed E-state index contributed by atoms with van der Waals surface area (Å²) < 4.78 is 5.00. The minimum Gasteiger partial charge on any atom is -0.454 e. The molecule has 7 heteroatoms. The number of ether oxygens (including phenoxy) is 1. The van der Waals surface area contributed by atoms with Crippen molar-refractivity contribution < 1.29 is 19.1 Å². The van der Waals surface area contributed by atoms with Crippen molar-refractivity contribution in [3.8, 4) is 0 Å². The number of thiophene rings is 1. The second kappa shape index (κ2) is 8.98. The first-order chi connectivity index (χ1) is 12.0. The minimum absolute atomic E-state index is 0.305. The first-order valence-electron chi connectivity index (χ1n) is 7.75. The Kier molecular flexibility index (Phi) is 6.71. The van der Waals surface area contributed by atoms with Crippen LogP contribution in [-0.4, -0.2) is 42.4 Å². The Morgan fingerprint density at radius 1 is 1.20 bits per heavy atom. The number of likely N-dealkylation sites (N-methyl/N-ethyl adjacent to an activating group) is 1. The van der Waals surface area contributed by atoms with Gasteiger partial charge in [-0.1, -0.05) is 18.2 Å². The number of nitrogens with zero attached hydrogens (tertiary/aromatic N) is 1. The molecule has 1 heterocycles. The lowest BCUT2D eigenvalue weighted by Gasteiger charge is -2.18. The van der Waals surface area contributed by atoms with Gasteiger partial charge in [0.05, 0.1) is 0 Å². The van der Waals surface area contributed by atoms with Gasteiger partial charge in [-0.25, -0.2) is 4.79 Å². The van der Waals surface area contributed by atoms with Gasteiger partial charge in [0.1, 0.15) is 6.04 Å². The van der Waals surface area contributed by atoms with Crippen LogP contribution in [0.15, 0.2) is 47.2 Å². The van der Waals surface area contributed by atoms with Gasteiger partial charge >= 0.3 is 5.97 Å². The minimum atomic E-state index is -0.845. The van der Waals surface area contributed by atoms with Crippen LogP contribution in [0.1, 0.15) is 22.8 Å². The molecule has 0 unspecified atom stereocenters. The Morgan fingerprint density at radius 3 is 2.56 bits per heavy atom. The Bertz CT molecular complexity index is 716. The average Bonchev–Trinajstić information content (AvgIpc) is 3.12. The van der Waals surface area contributed by atoms with Crippen molar-refractivity contribution in [3.63, 3.8) is 0 Å². The summed E-state index contributed by atoms with van der Waals surface area (Å²) in [7, 11) is 1.65. The predicted octanol–water partition coefficient (Wildman–Crippen LogP) is 2.07. The molecule has 1 N–H and O–H groups in total. The summed E-state index contributed by atoms with van der Waals surface area (Å²) in [4.78, 5) is 37.4. The molecule has 132 valence electrons. The van der Waals surface area contributed by atoms with Gasteiger partial charge in [-0.2, -0.15) is 11.3 Å². The highest BCUT2D eigenvalue weighted by atomic mass is 32.1. The second-order valence-corrected chi connectivity index (χ2v) is 6.33.